The van der Waals surface area contributed by atoms with Gasteiger partial charge in [0.15, 0.2) is 0 Å². The number of aliphatic carboxylic acids is 1. The number of hydrogen-bond donors (Lipinski definition) is 1. The molecular formula is C42H50N4O2. The molecule has 250 valence electrons. The maximum atomic E-state index is 11.4. The van der Waals surface area contributed by atoms with E-state index in [-0.39, 0.29) is 0 Å². The Morgan fingerprint density at radius 2 is 0.938 bits per heavy atom. The maximum absolute atomic E-state index is 11.4. The van der Waals surface area contributed by atoms with Crippen molar-refractivity contribution in [1.29, 1.82) is 0 Å². The van der Waals surface area contributed by atoms with E-state index in [1.54, 1.807) is 0 Å². The molecule has 6 nitrogen and oxygen atoms in total. The van der Waals surface area contributed by atoms with Crippen molar-refractivity contribution in [1.82, 2.24) is 9.80 Å². The molecule has 2 heterocycles. The van der Waals surface area contributed by atoms with Gasteiger partial charge in [-0.3, -0.25) is 14.6 Å². The van der Waals surface area contributed by atoms with E-state index in [0.29, 0.717) is 5.41 Å². The molecule has 4 fully saturated rings. The van der Waals surface area contributed by atoms with Crippen LogP contribution in [-0.2, 0) is 28.7 Å². The van der Waals surface area contributed by atoms with Crippen LogP contribution in [0, 0.1) is 0 Å². The lowest BCUT2D eigenvalue weighted by atomic mass is 9.95. The summed E-state index contributed by atoms with van der Waals surface area (Å²) in [7, 11) is 0. The first kappa shape index (κ1) is 32.4. The molecule has 0 amide bonds. The van der Waals surface area contributed by atoms with Crippen LogP contribution < -0.4 is 9.80 Å². The fraction of sp³-hybridized carbons (Fsp3) is 0.405. The van der Waals surface area contributed by atoms with Crippen molar-refractivity contribution < 1.29 is 9.90 Å². The van der Waals surface area contributed by atoms with Gasteiger partial charge >= 0.3 is 5.97 Å². The van der Waals surface area contributed by atoms with Crippen LogP contribution >= 0.6 is 0 Å². The number of carbonyl (C=O) groups is 1. The first-order valence-corrected chi connectivity index (χ1v) is 17.9. The number of nitrogens with zero attached hydrogens (tertiary/aromatic N) is 4. The summed E-state index contributed by atoms with van der Waals surface area (Å²) in [6, 6.07) is 38.9. The SMILES string of the molecule is CC1(c2ccc(CN3CCN(c4ccccc4)CC3)cc2)CC1.O=C(O)C1(c2ccc(CN3CCN(c4ccccc4)CC3)cc2)CC1. The maximum Gasteiger partial charge on any atom is 0.314 e. The van der Waals surface area contributed by atoms with Crippen LogP contribution in [0.25, 0.3) is 0 Å². The standard InChI is InChI=1S/C21H24N2O2.C21H26N2/c24-20(25)21(10-11-21)18-8-6-17(7-9-18)16-22-12-14-23(15-13-22)19-4-2-1-3-5-19;1-21(11-12-21)19-9-7-18(8-10-19)17-22-13-15-23(16-14-22)20-5-3-2-4-6-20/h1-9H,10-16H2,(H,24,25);2-10H,11-17H2,1H3. The quantitative estimate of drug-likeness (QED) is 0.209. The van der Waals surface area contributed by atoms with E-state index in [1.807, 2.05) is 12.1 Å². The minimum Gasteiger partial charge on any atom is -0.481 e. The number of rotatable bonds is 9. The third-order valence-electron chi connectivity index (χ3n) is 11.1. The van der Waals surface area contributed by atoms with Crippen LogP contribution in [0.3, 0.4) is 0 Å². The van der Waals surface area contributed by atoms with Gasteiger partial charge in [0.2, 0.25) is 0 Å². The molecule has 4 aliphatic rings. The lowest BCUT2D eigenvalue weighted by Crippen LogP contribution is -2.45. The van der Waals surface area contributed by atoms with Crippen molar-refractivity contribution >= 4 is 17.3 Å². The Morgan fingerprint density at radius 3 is 1.29 bits per heavy atom. The third-order valence-corrected chi connectivity index (χ3v) is 11.1. The first-order valence-electron chi connectivity index (χ1n) is 17.9. The molecule has 2 saturated carbocycles. The van der Waals surface area contributed by atoms with Crippen LogP contribution in [0.5, 0.6) is 0 Å². The van der Waals surface area contributed by atoms with Crippen LogP contribution in [-0.4, -0.2) is 73.2 Å². The van der Waals surface area contributed by atoms with Gasteiger partial charge in [-0.15, -0.1) is 0 Å². The highest BCUT2D eigenvalue weighted by atomic mass is 16.4. The summed E-state index contributed by atoms with van der Waals surface area (Å²) in [6.07, 6.45) is 4.24. The zero-order valence-electron chi connectivity index (χ0n) is 28.4. The van der Waals surface area contributed by atoms with Crippen molar-refractivity contribution in [3.63, 3.8) is 0 Å². The van der Waals surface area contributed by atoms with E-state index in [4.69, 9.17) is 0 Å². The van der Waals surface area contributed by atoms with Gasteiger partial charge in [0.05, 0.1) is 5.41 Å². The Bertz CT molecular complexity index is 1620. The van der Waals surface area contributed by atoms with Crippen LogP contribution in [0.4, 0.5) is 11.4 Å². The molecule has 6 heteroatoms. The Morgan fingerprint density at radius 1 is 0.542 bits per heavy atom. The number of para-hydroxylation sites is 2. The Hall–Kier alpha value is -4.13. The average Bonchev–Trinajstić information content (AvgIpc) is 4.08. The van der Waals surface area contributed by atoms with Crippen LogP contribution in [0.2, 0.25) is 0 Å². The highest BCUT2D eigenvalue weighted by Crippen LogP contribution is 2.48. The van der Waals surface area contributed by atoms with E-state index in [9.17, 15) is 9.90 Å². The number of carboxylic acids is 1. The summed E-state index contributed by atoms with van der Waals surface area (Å²) < 4.78 is 0. The van der Waals surface area contributed by atoms with Gasteiger partial charge in [0, 0.05) is 76.8 Å². The minimum absolute atomic E-state index is 0.486. The summed E-state index contributed by atoms with van der Waals surface area (Å²) in [5, 5.41) is 9.39. The molecule has 0 atom stereocenters. The average molecular weight is 643 g/mol. The predicted octanol–water partition coefficient (Wildman–Crippen LogP) is 7.19. The van der Waals surface area contributed by atoms with E-state index in [0.717, 1.165) is 83.9 Å². The predicted molar refractivity (Wildman–Crippen MR) is 196 cm³/mol. The number of benzene rings is 4. The summed E-state index contributed by atoms with van der Waals surface area (Å²) in [4.78, 5) is 21.4. The molecule has 0 spiro atoms. The van der Waals surface area contributed by atoms with Gasteiger partial charge in [-0.25, -0.2) is 0 Å². The van der Waals surface area contributed by atoms with Crippen molar-refractivity contribution in [3.8, 4) is 0 Å². The molecule has 8 rings (SSSR count). The molecule has 4 aromatic carbocycles. The molecule has 0 unspecified atom stereocenters. The number of piperazine rings is 2. The number of hydrogen-bond acceptors (Lipinski definition) is 5. The van der Waals surface area contributed by atoms with Crippen LogP contribution in [0.15, 0.2) is 109 Å². The van der Waals surface area contributed by atoms with Crippen molar-refractivity contribution in [2.24, 2.45) is 0 Å². The van der Waals surface area contributed by atoms with Gasteiger partial charge in [-0.05, 0) is 77.6 Å². The molecule has 0 aromatic heterocycles. The minimum atomic E-state index is -0.683. The highest BCUT2D eigenvalue weighted by molar-refractivity contribution is 5.84. The van der Waals surface area contributed by atoms with Crippen LogP contribution in [0.1, 0.15) is 54.9 Å². The van der Waals surface area contributed by atoms with E-state index < -0.39 is 11.4 Å². The second-order valence-corrected chi connectivity index (χ2v) is 14.5. The van der Waals surface area contributed by atoms with Gasteiger partial charge < -0.3 is 14.9 Å². The fourth-order valence-electron chi connectivity index (χ4n) is 7.29. The molecule has 2 aliphatic carbocycles. The zero-order chi connectivity index (χ0) is 33.0. The molecule has 0 radical (unpaired) electrons. The van der Waals surface area contributed by atoms with Gasteiger partial charge in [-0.2, -0.15) is 0 Å². The molecule has 2 saturated heterocycles. The Balaban J connectivity index is 0.000000152. The summed E-state index contributed by atoms with van der Waals surface area (Å²) in [6.45, 7) is 13.1. The van der Waals surface area contributed by atoms with Crippen molar-refractivity contribution in [2.45, 2.75) is 56.5 Å². The lowest BCUT2D eigenvalue weighted by molar-refractivity contribution is -0.140. The van der Waals surface area contributed by atoms with Gasteiger partial charge in [0.1, 0.15) is 0 Å². The second-order valence-electron chi connectivity index (χ2n) is 14.5. The third kappa shape index (κ3) is 7.61. The number of carboxylic acid groups (broad SMARTS) is 1. The molecule has 0 bridgehead atoms. The molecule has 48 heavy (non-hydrogen) atoms. The second kappa shape index (κ2) is 14.2. The normalized spacial score (nSPS) is 20.0. The summed E-state index contributed by atoms with van der Waals surface area (Å²) >= 11 is 0. The topological polar surface area (TPSA) is 50.3 Å². The monoisotopic (exact) mass is 642 g/mol. The first-order chi connectivity index (χ1) is 23.4. The largest absolute Gasteiger partial charge is 0.481 e. The molecular weight excluding hydrogens is 592 g/mol. The van der Waals surface area contributed by atoms with E-state index in [1.165, 1.54) is 40.9 Å². The number of anilines is 2. The smallest absolute Gasteiger partial charge is 0.314 e. The highest BCUT2D eigenvalue weighted by Gasteiger charge is 2.51. The molecule has 1 N–H and O–H groups in total. The van der Waals surface area contributed by atoms with Crippen molar-refractivity contribution in [2.75, 3.05) is 62.2 Å². The summed E-state index contributed by atoms with van der Waals surface area (Å²) in [5.41, 5.74) is 7.74. The lowest BCUT2D eigenvalue weighted by Gasteiger charge is -2.36. The van der Waals surface area contributed by atoms with Crippen molar-refractivity contribution in [3.05, 3.63) is 131 Å². The fourth-order valence-corrected chi connectivity index (χ4v) is 7.29. The van der Waals surface area contributed by atoms with E-state index in [2.05, 4.69) is 124 Å². The Kier molecular flexibility index (Phi) is 9.56. The molecule has 4 aromatic rings. The zero-order valence-corrected chi connectivity index (χ0v) is 28.4. The van der Waals surface area contributed by atoms with Gasteiger partial charge in [-0.1, -0.05) is 91.9 Å². The Labute approximate surface area is 286 Å². The summed E-state index contributed by atoms with van der Waals surface area (Å²) in [5.74, 6) is -0.683. The van der Waals surface area contributed by atoms with Gasteiger partial charge in [0.25, 0.3) is 0 Å². The van der Waals surface area contributed by atoms with E-state index >= 15 is 0 Å². The molecule has 2 aliphatic heterocycles.